The van der Waals surface area contributed by atoms with E-state index in [2.05, 4.69) is 4.98 Å². The maximum Gasteiger partial charge on any atom is 0.267 e. The van der Waals surface area contributed by atoms with Gasteiger partial charge in [-0.3, -0.25) is 0 Å². The number of para-hydroxylation sites is 1. The molecule has 0 bridgehead atoms. The van der Waals surface area contributed by atoms with E-state index in [-0.39, 0.29) is 6.42 Å². The lowest BCUT2D eigenvalue weighted by molar-refractivity contribution is 0.0873. The second kappa shape index (κ2) is 3.29. The summed E-state index contributed by atoms with van der Waals surface area (Å²) in [5.74, 6) is -2.67. The maximum absolute atomic E-state index is 13.0. The van der Waals surface area contributed by atoms with Gasteiger partial charge in [-0.1, -0.05) is 18.2 Å². The molecular weight excluding hydrogens is 222 g/mol. The smallest absolute Gasteiger partial charge is 0.267 e. The molecule has 1 aliphatic carbocycles. The van der Waals surface area contributed by atoms with Crippen LogP contribution in [0.5, 0.6) is 0 Å². The summed E-state index contributed by atoms with van der Waals surface area (Å²) >= 11 is 0. The number of fused-ring (bicyclic) bond motifs is 1. The summed E-state index contributed by atoms with van der Waals surface area (Å²) in [4.78, 5) is 3.14. The Labute approximate surface area is 97.8 Å². The first kappa shape index (κ1) is 10.7. The van der Waals surface area contributed by atoms with Crippen LogP contribution in [0.3, 0.4) is 0 Å². The Hall–Kier alpha value is -1.42. The fourth-order valence-corrected chi connectivity index (χ4v) is 2.32. The number of rotatable bonds is 3. The van der Waals surface area contributed by atoms with Gasteiger partial charge in [-0.05, 0) is 24.5 Å². The summed E-state index contributed by atoms with van der Waals surface area (Å²) in [6.07, 6.45) is 2.63. The predicted octanol–water partition coefficient (Wildman–Crippen LogP) is 2.84. The zero-order valence-electron chi connectivity index (χ0n) is 9.34. The second-order valence-corrected chi connectivity index (χ2v) is 4.90. The van der Waals surface area contributed by atoms with Crippen molar-refractivity contribution in [3.8, 4) is 0 Å². The molecule has 0 spiro atoms. The van der Waals surface area contributed by atoms with Gasteiger partial charge in [0, 0.05) is 23.5 Å². The highest BCUT2D eigenvalue weighted by atomic mass is 19.3. The molecule has 0 saturated heterocycles. The molecule has 17 heavy (non-hydrogen) atoms. The van der Waals surface area contributed by atoms with Gasteiger partial charge in [-0.2, -0.15) is 0 Å². The first-order chi connectivity index (χ1) is 8.02. The van der Waals surface area contributed by atoms with Gasteiger partial charge in [0.15, 0.2) is 0 Å². The summed E-state index contributed by atoms with van der Waals surface area (Å²) in [5.41, 5.74) is 6.45. The van der Waals surface area contributed by atoms with Crippen LogP contribution in [0.4, 0.5) is 8.78 Å². The van der Waals surface area contributed by atoms with Gasteiger partial charge in [0.05, 0.1) is 5.54 Å². The number of halogens is 2. The lowest BCUT2D eigenvalue weighted by Gasteiger charge is -2.09. The molecule has 1 aromatic carbocycles. The van der Waals surface area contributed by atoms with E-state index < -0.39 is 11.5 Å². The van der Waals surface area contributed by atoms with Crippen molar-refractivity contribution < 1.29 is 8.78 Å². The predicted molar refractivity (Wildman–Crippen MR) is 63.1 cm³/mol. The molecular formula is C13H14F2N2. The molecule has 1 fully saturated rings. The zero-order valence-corrected chi connectivity index (χ0v) is 9.34. The molecule has 0 amide bonds. The lowest BCUT2D eigenvalue weighted by atomic mass is 10.0. The Morgan fingerprint density at radius 3 is 2.71 bits per heavy atom. The number of benzene rings is 1. The maximum atomic E-state index is 13.0. The topological polar surface area (TPSA) is 41.8 Å². The van der Waals surface area contributed by atoms with Crippen LogP contribution in [-0.4, -0.2) is 16.4 Å². The number of H-pyrrole nitrogens is 1. The van der Waals surface area contributed by atoms with E-state index in [1.165, 1.54) is 0 Å². The average molecular weight is 236 g/mol. The highest BCUT2D eigenvalue weighted by Crippen LogP contribution is 2.53. The number of aryl methyl sites for hydroxylation is 1. The van der Waals surface area contributed by atoms with Crippen molar-refractivity contribution in [3.63, 3.8) is 0 Å². The molecule has 1 saturated carbocycles. The Morgan fingerprint density at radius 2 is 2.00 bits per heavy atom. The molecule has 90 valence electrons. The number of hydrogen-bond acceptors (Lipinski definition) is 1. The SMILES string of the molecule is NC1(CCc2c[nH]c3ccccc23)CC1(F)F. The molecule has 2 nitrogen and oxygen atoms in total. The first-order valence-corrected chi connectivity index (χ1v) is 5.74. The summed E-state index contributed by atoms with van der Waals surface area (Å²) in [6.45, 7) is 0. The van der Waals surface area contributed by atoms with Crippen LogP contribution < -0.4 is 5.73 Å². The number of nitrogens with one attached hydrogen (secondary N) is 1. The number of hydrogen-bond donors (Lipinski definition) is 2. The molecule has 0 radical (unpaired) electrons. The van der Waals surface area contributed by atoms with Gasteiger partial charge >= 0.3 is 0 Å². The van der Waals surface area contributed by atoms with Crippen molar-refractivity contribution in [1.82, 2.24) is 4.98 Å². The lowest BCUT2D eigenvalue weighted by Crippen LogP contribution is -2.30. The minimum absolute atomic E-state index is 0.178. The molecule has 3 rings (SSSR count). The molecule has 2 aromatic rings. The van der Waals surface area contributed by atoms with Crippen molar-refractivity contribution in [3.05, 3.63) is 36.0 Å². The minimum atomic E-state index is -2.67. The van der Waals surface area contributed by atoms with E-state index in [9.17, 15) is 8.78 Å². The van der Waals surface area contributed by atoms with Crippen molar-refractivity contribution in [2.45, 2.75) is 30.7 Å². The van der Waals surface area contributed by atoms with Crippen molar-refractivity contribution >= 4 is 10.9 Å². The van der Waals surface area contributed by atoms with E-state index in [1.54, 1.807) is 0 Å². The number of alkyl halides is 2. The minimum Gasteiger partial charge on any atom is -0.361 e. The molecule has 1 unspecified atom stereocenters. The van der Waals surface area contributed by atoms with Crippen LogP contribution >= 0.6 is 0 Å². The molecule has 1 heterocycles. The molecule has 3 N–H and O–H groups in total. The van der Waals surface area contributed by atoms with E-state index in [1.807, 2.05) is 30.5 Å². The standard InChI is InChI=1S/C13H14F2N2/c14-13(15)8-12(13,16)6-5-9-7-17-11-4-2-1-3-10(9)11/h1-4,7,17H,5-6,8,16H2. The fraction of sp³-hybridized carbons (Fsp3) is 0.385. The summed E-state index contributed by atoms with van der Waals surface area (Å²) in [6, 6.07) is 7.86. The third-order valence-electron chi connectivity index (χ3n) is 3.66. The quantitative estimate of drug-likeness (QED) is 0.845. The van der Waals surface area contributed by atoms with Gasteiger partial charge in [-0.25, -0.2) is 8.78 Å². The molecule has 0 aliphatic heterocycles. The Morgan fingerprint density at radius 1 is 1.29 bits per heavy atom. The monoisotopic (exact) mass is 236 g/mol. The van der Waals surface area contributed by atoms with E-state index >= 15 is 0 Å². The average Bonchev–Trinajstić information content (AvgIpc) is 2.66. The van der Waals surface area contributed by atoms with Crippen molar-refractivity contribution in [2.24, 2.45) is 5.73 Å². The molecule has 1 aromatic heterocycles. The van der Waals surface area contributed by atoms with Crippen LogP contribution in [0, 0.1) is 0 Å². The van der Waals surface area contributed by atoms with E-state index in [4.69, 9.17) is 5.73 Å². The van der Waals surface area contributed by atoms with Crippen LogP contribution in [0.25, 0.3) is 10.9 Å². The second-order valence-electron chi connectivity index (χ2n) is 4.90. The zero-order chi connectivity index (χ0) is 12.1. The first-order valence-electron chi connectivity index (χ1n) is 5.74. The van der Waals surface area contributed by atoms with Crippen LogP contribution in [0.2, 0.25) is 0 Å². The summed E-state index contributed by atoms with van der Waals surface area (Å²) in [5, 5.41) is 1.10. The van der Waals surface area contributed by atoms with Crippen molar-refractivity contribution in [1.29, 1.82) is 0 Å². The fourth-order valence-electron chi connectivity index (χ4n) is 2.32. The van der Waals surface area contributed by atoms with Crippen LogP contribution in [-0.2, 0) is 6.42 Å². The number of aromatic amines is 1. The number of nitrogens with two attached hydrogens (primary N) is 1. The van der Waals surface area contributed by atoms with Gasteiger partial charge in [0.25, 0.3) is 5.92 Å². The molecule has 1 atom stereocenters. The highest BCUT2D eigenvalue weighted by molar-refractivity contribution is 5.83. The Kier molecular flexibility index (Phi) is 2.08. The van der Waals surface area contributed by atoms with Gasteiger partial charge in [-0.15, -0.1) is 0 Å². The van der Waals surface area contributed by atoms with Gasteiger partial charge < -0.3 is 10.7 Å². The number of aromatic nitrogens is 1. The third-order valence-corrected chi connectivity index (χ3v) is 3.66. The van der Waals surface area contributed by atoms with Crippen LogP contribution in [0.1, 0.15) is 18.4 Å². The largest absolute Gasteiger partial charge is 0.361 e. The third kappa shape index (κ3) is 1.63. The normalized spacial score (nSPS) is 26.3. The Bertz CT molecular complexity index is 561. The van der Waals surface area contributed by atoms with E-state index in [0.29, 0.717) is 12.8 Å². The Balaban J connectivity index is 1.78. The highest BCUT2D eigenvalue weighted by Gasteiger charge is 2.68. The van der Waals surface area contributed by atoms with Gasteiger partial charge in [0.2, 0.25) is 0 Å². The van der Waals surface area contributed by atoms with Crippen molar-refractivity contribution in [2.75, 3.05) is 0 Å². The summed E-state index contributed by atoms with van der Waals surface area (Å²) < 4.78 is 26.0. The molecule has 1 aliphatic rings. The van der Waals surface area contributed by atoms with Gasteiger partial charge in [0.1, 0.15) is 0 Å². The summed E-state index contributed by atoms with van der Waals surface area (Å²) in [7, 11) is 0. The van der Waals surface area contributed by atoms with Crippen LogP contribution in [0.15, 0.2) is 30.5 Å². The van der Waals surface area contributed by atoms with E-state index in [0.717, 1.165) is 16.5 Å². The molecule has 4 heteroatoms.